The van der Waals surface area contributed by atoms with Gasteiger partial charge in [-0.05, 0) is 143 Å². The van der Waals surface area contributed by atoms with Crippen LogP contribution >= 0.6 is 0 Å². The summed E-state index contributed by atoms with van der Waals surface area (Å²) in [5, 5.41) is 9.59. The first-order valence-electron chi connectivity index (χ1n) is 19.5. The molecule has 0 unspecified atom stereocenters. The molecule has 5 fully saturated rings. The van der Waals surface area contributed by atoms with E-state index in [2.05, 4.69) is 48.1 Å². The van der Waals surface area contributed by atoms with Crippen LogP contribution in [0, 0.1) is 62.1 Å². The first kappa shape index (κ1) is 38.8. The molecule has 8 heteroatoms. The maximum absolute atomic E-state index is 13.1. The highest BCUT2D eigenvalue weighted by atomic mass is 16.5. The zero-order valence-electron chi connectivity index (χ0n) is 32.9. The van der Waals surface area contributed by atoms with Gasteiger partial charge in [-0.2, -0.15) is 0 Å². The molecule has 0 aromatic heterocycles. The van der Waals surface area contributed by atoms with Crippen LogP contribution in [0.4, 0.5) is 0 Å². The Kier molecular flexibility index (Phi) is 10.3. The number of carbonyl (C=O) groups excluding carboxylic acids is 3. The van der Waals surface area contributed by atoms with Crippen molar-refractivity contribution in [3.8, 4) is 0 Å². The van der Waals surface area contributed by atoms with Gasteiger partial charge >= 0.3 is 17.9 Å². The van der Waals surface area contributed by atoms with Crippen LogP contribution in [0.5, 0.6) is 0 Å². The number of carboxylic acid groups (broad SMARTS) is 1. The molecule has 5 aliphatic carbocycles. The van der Waals surface area contributed by atoms with Gasteiger partial charge in [0.2, 0.25) is 5.91 Å². The molecule has 8 nitrogen and oxygen atoms in total. The molecule has 0 heterocycles. The lowest BCUT2D eigenvalue weighted by Crippen LogP contribution is -2.66. The van der Waals surface area contributed by atoms with Gasteiger partial charge in [0.1, 0.15) is 12.5 Å². The number of hydrogen-bond acceptors (Lipinski definition) is 6. The van der Waals surface area contributed by atoms with E-state index in [9.17, 15) is 24.3 Å². The van der Waals surface area contributed by atoms with Gasteiger partial charge in [-0.3, -0.25) is 19.2 Å². The van der Waals surface area contributed by atoms with Crippen molar-refractivity contribution >= 4 is 23.8 Å². The molecular formula is C42H67NO7. The van der Waals surface area contributed by atoms with E-state index in [0.717, 1.165) is 51.4 Å². The molecule has 0 radical (unpaired) electrons. The Bertz CT molecular complexity index is 1380. The molecule has 0 aromatic carbocycles. The molecule has 1 amide bonds. The Balaban J connectivity index is 1.35. The fraction of sp³-hybridized carbons (Fsp3) is 0.857. The second kappa shape index (κ2) is 13.2. The lowest BCUT2D eigenvalue weighted by atomic mass is 9.32. The highest BCUT2D eigenvalue weighted by Crippen LogP contribution is 2.78. The standard InChI is InChI=1S/C42H67NO7/c1-26(2)27-14-19-42(22-23-49-33(45)24-32(44)43(10)11)21-20-40(8)28(35(27)42)12-13-30-39(7)17-16-31(50-34(46)25-37(3,4)36(47)48)38(5,6)29(39)15-18-41(30,40)9/h27-31,35H,1,12-25H2,2-11H3,(H,47,48)/t27-,28+,29-,30+,31-,35+,39-,40+,41+,42+/m0/s1. The van der Waals surface area contributed by atoms with Crippen molar-refractivity contribution in [2.75, 3.05) is 20.7 Å². The average Bonchev–Trinajstić information content (AvgIpc) is 3.38. The third-order valence-corrected chi connectivity index (χ3v) is 16.3. The summed E-state index contributed by atoms with van der Waals surface area (Å²) in [7, 11) is 3.32. The molecular weight excluding hydrogens is 630 g/mol. The Labute approximate surface area is 301 Å². The smallest absolute Gasteiger partial charge is 0.315 e. The molecule has 0 spiro atoms. The second-order valence-electron chi connectivity index (χ2n) is 19.7. The van der Waals surface area contributed by atoms with Crippen molar-refractivity contribution in [3.63, 3.8) is 0 Å². The van der Waals surface area contributed by atoms with E-state index in [-0.39, 0.29) is 51.9 Å². The molecule has 10 atom stereocenters. The summed E-state index contributed by atoms with van der Waals surface area (Å²) in [5.41, 5.74) is 0.552. The highest BCUT2D eigenvalue weighted by Gasteiger charge is 2.71. The number of aliphatic carboxylic acids is 1. The number of carboxylic acids is 1. The number of amides is 1. The number of fused-ring (bicyclic) bond motifs is 7. The van der Waals surface area contributed by atoms with Gasteiger partial charge in [0.05, 0.1) is 18.4 Å². The van der Waals surface area contributed by atoms with Crippen molar-refractivity contribution in [1.29, 1.82) is 0 Å². The van der Waals surface area contributed by atoms with E-state index in [4.69, 9.17) is 9.47 Å². The predicted molar refractivity (Wildman–Crippen MR) is 194 cm³/mol. The van der Waals surface area contributed by atoms with Crippen molar-refractivity contribution in [2.24, 2.45) is 62.1 Å². The van der Waals surface area contributed by atoms with Gasteiger partial charge in [-0.15, -0.1) is 0 Å². The first-order valence-corrected chi connectivity index (χ1v) is 19.5. The summed E-state index contributed by atoms with van der Waals surface area (Å²) in [6.45, 7) is 22.7. The van der Waals surface area contributed by atoms with Gasteiger partial charge in [-0.1, -0.05) is 46.8 Å². The van der Waals surface area contributed by atoms with Crippen molar-refractivity contribution in [3.05, 3.63) is 12.2 Å². The van der Waals surface area contributed by atoms with Crippen molar-refractivity contribution in [1.82, 2.24) is 4.90 Å². The summed E-state index contributed by atoms with van der Waals surface area (Å²) >= 11 is 0. The predicted octanol–water partition coefficient (Wildman–Crippen LogP) is 8.47. The number of hydrogen-bond donors (Lipinski definition) is 1. The summed E-state index contributed by atoms with van der Waals surface area (Å²) < 4.78 is 11.9. The molecule has 0 bridgehead atoms. The van der Waals surface area contributed by atoms with Crippen LogP contribution in [0.2, 0.25) is 0 Å². The minimum atomic E-state index is -1.15. The lowest BCUT2D eigenvalue weighted by Gasteiger charge is -2.73. The van der Waals surface area contributed by atoms with Crippen LogP contribution in [0.3, 0.4) is 0 Å². The largest absolute Gasteiger partial charge is 0.481 e. The second-order valence-corrected chi connectivity index (χ2v) is 19.7. The Morgan fingerprint density at radius 2 is 1.52 bits per heavy atom. The number of rotatable bonds is 10. The number of ether oxygens (including phenoxy) is 2. The Morgan fingerprint density at radius 3 is 2.14 bits per heavy atom. The lowest BCUT2D eigenvalue weighted by molar-refractivity contribution is -0.251. The van der Waals surface area contributed by atoms with Gasteiger partial charge in [0.15, 0.2) is 0 Å². The summed E-state index contributed by atoms with van der Waals surface area (Å²) in [6.07, 6.45) is 11.4. The molecule has 5 saturated carbocycles. The molecule has 0 aliphatic heterocycles. The molecule has 5 aliphatic rings. The number of esters is 2. The van der Waals surface area contributed by atoms with Crippen LogP contribution in [0.25, 0.3) is 0 Å². The van der Waals surface area contributed by atoms with E-state index in [1.807, 2.05) is 0 Å². The monoisotopic (exact) mass is 697 g/mol. The summed E-state index contributed by atoms with van der Waals surface area (Å²) in [5.74, 6) is 0.524. The van der Waals surface area contributed by atoms with E-state index in [1.165, 1.54) is 29.7 Å². The Hall–Kier alpha value is -2.38. The maximum atomic E-state index is 13.1. The molecule has 5 rings (SSSR count). The molecule has 50 heavy (non-hydrogen) atoms. The zero-order valence-corrected chi connectivity index (χ0v) is 32.9. The molecule has 0 saturated heterocycles. The summed E-state index contributed by atoms with van der Waals surface area (Å²) in [6, 6.07) is 0. The molecule has 1 N–H and O–H groups in total. The van der Waals surface area contributed by atoms with Crippen LogP contribution < -0.4 is 0 Å². The first-order chi connectivity index (χ1) is 23.1. The van der Waals surface area contributed by atoms with Crippen LogP contribution in [0.1, 0.15) is 139 Å². The normalized spacial score (nSPS) is 40.3. The number of allylic oxidation sites excluding steroid dienone is 1. The number of carbonyl (C=O) groups is 4. The van der Waals surface area contributed by atoms with Crippen LogP contribution in [-0.4, -0.2) is 60.6 Å². The summed E-state index contributed by atoms with van der Waals surface area (Å²) in [4.78, 5) is 50.9. The van der Waals surface area contributed by atoms with E-state index >= 15 is 0 Å². The van der Waals surface area contributed by atoms with Gasteiger partial charge < -0.3 is 19.5 Å². The van der Waals surface area contributed by atoms with Crippen molar-refractivity contribution in [2.45, 2.75) is 145 Å². The fourth-order valence-electron chi connectivity index (χ4n) is 13.2. The minimum Gasteiger partial charge on any atom is -0.481 e. The van der Waals surface area contributed by atoms with Crippen molar-refractivity contribution < 1.29 is 33.8 Å². The van der Waals surface area contributed by atoms with Gasteiger partial charge in [-0.25, -0.2) is 0 Å². The van der Waals surface area contributed by atoms with Crippen LogP contribution in [0.15, 0.2) is 12.2 Å². The van der Waals surface area contributed by atoms with E-state index < -0.39 is 23.3 Å². The van der Waals surface area contributed by atoms with E-state index in [1.54, 1.807) is 27.9 Å². The maximum Gasteiger partial charge on any atom is 0.315 e. The quantitative estimate of drug-likeness (QED) is 0.139. The topological polar surface area (TPSA) is 110 Å². The zero-order chi connectivity index (χ0) is 37.2. The third kappa shape index (κ3) is 6.24. The van der Waals surface area contributed by atoms with Gasteiger partial charge in [0, 0.05) is 19.5 Å². The third-order valence-electron chi connectivity index (χ3n) is 16.3. The molecule has 0 aromatic rings. The fourth-order valence-corrected chi connectivity index (χ4v) is 13.2. The van der Waals surface area contributed by atoms with Crippen LogP contribution in [-0.2, 0) is 28.7 Å². The SMILES string of the molecule is C=C(C)[C@@H]1CC[C@]2(CCOC(=O)CC(=O)N(C)C)CC[C@]3(C)[C@H](CC[C@@H]4[C@@]5(C)CC[C@H](OC(=O)CC(C)(C)C(=O)O)C(C)(C)[C@@H]5CC[C@]43C)[C@@H]12. The number of nitrogens with zero attached hydrogens (tertiary/aromatic N) is 1. The minimum absolute atomic E-state index is 0.121. The average molecular weight is 698 g/mol. The highest BCUT2D eigenvalue weighted by molar-refractivity contribution is 5.94. The van der Waals surface area contributed by atoms with E-state index in [0.29, 0.717) is 36.2 Å². The van der Waals surface area contributed by atoms with Gasteiger partial charge in [0.25, 0.3) is 0 Å². The molecule has 282 valence electrons. The Morgan fingerprint density at radius 1 is 0.840 bits per heavy atom.